The highest BCUT2D eigenvalue weighted by Gasteiger charge is 2.16. The molecule has 0 bridgehead atoms. The fraction of sp³-hybridized carbons (Fsp3) is 0.200. The van der Waals surface area contributed by atoms with Gasteiger partial charge in [-0.1, -0.05) is 31.2 Å². The average Bonchev–Trinajstić information content (AvgIpc) is 3.27. The number of benzene rings is 1. The van der Waals surface area contributed by atoms with Crippen LogP contribution in [0.15, 0.2) is 41.3 Å². The van der Waals surface area contributed by atoms with Crippen molar-refractivity contribution in [1.29, 1.82) is 0 Å². The summed E-state index contributed by atoms with van der Waals surface area (Å²) in [7, 11) is 0. The van der Waals surface area contributed by atoms with E-state index in [1.807, 2.05) is 6.92 Å². The van der Waals surface area contributed by atoms with Crippen LogP contribution in [0.1, 0.15) is 39.0 Å². The second-order valence-corrected chi connectivity index (χ2v) is 7.67. The first-order valence-corrected chi connectivity index (χ1v) is 9.77. The number of anilines is 1. The van der Waals surface area contributed by atoms with Crippen molar-refractivity contribution < 1.29 is 4.79 Å². The van der Waals surface area contributed by atoms with Crippen molar-refractivity contribution in [2.45, 2.75) is 26.7 Å². The molecule has 28 heavy (non-hydrogen) atoms. The van der Waals surface area contributed by atoms with Gasteiger partial charge in [0.05, 0.1) is 0 Å². The minimum Gasteiger partial charge on any atom is -0.304 e. The van der Waals surface area contributed by atoms with Gasteiger partial charge in [-0.15, -0.1) is 11.3 Å². The summed E-state index contributed by atoms with van der Waals surface area (Å²) in [6, 6.07) is 9.97. The van der Waals surface area contributed by atoms with Crippen LogP contribution in [0, 0.1) is 6.92 Å². The van der Waals surface area contributed by atoms with Crippen molar-refractivity contribution in [3.63, 3.8) is 0 Å². The van der Waals surface area contributed by atoms with E-state index >= 15 is 0 Å². The van der Waals surface area contributed by atoms with Crippen LogP contribution in [0.25, 0.3) is 11.0 Å². The SMILES string of the molecule is CCc1cccc(Cc2cnc(NC(=O)c3cc4c(C)[nH]nc4[nH]c3=O)s2)c1. The first kappa shape index (κ1) is 18.1. The molecule has 0 fully saturated rings. The monoisotopic (exact) mass is 393 g/mol. The summed E-state index contributed by atoms with van der Waals surface area (Å²) < 4.78 is 0. The van der Waals surface area contributed by atoms with Crippen LogP contribution < -0.4 is 10.9 Å². The lowest BCUT2D eigenvalue weighted by molar-refractivity contribution is 0.102. The Morgan fingerprint density at radius 3 is 2.89 bits per heavy atom. The molecule has 0 aliphatic heterocycles. The summed E-state index contributed by atoms with van der Waals surface area (Å²) in [6.45, 7) is 3.96. The summed E-state index contributed by atoms with van der Waals surface area (Å²) in [5.74, 6) is -0.488. The van der Waals surface area contributed by atoms with E-state index in [9.17, 15) is 9.59 Å². The number of carbonyl (C=O) groups excluding carboxylic acids is 1. The van der Waals surface area contributed by atoms with Gasteiger partial charge in [0.25, 0.3) is 11.5 Å². The molecule has 0 saturated heterocycles. The van der Waals surface area contributed by atoms with Crippen molar-refractivity contribution in [1.82, 2.24) is 20.2 Å². The van der Waals surface area contributed by atoms with Gasteiger partial charge in [0.1, 0.15) is 5.56 Å². The van der Waals surface area contributed by atoms with Crippen LogP contribution >= 0.6 is 11.3 Å². The molecule has 0 atom stereocenters. The van der Waals surface area contributed by atoms with E-state index in [0.717, 1.165) is 23.4 Å². The lowest BCUT2D eigenvalue weighted by Gasteiger charge is -2.02. The van der Waals surface area contributed by atoms with E-state index in [-0.39, 0.29) is 5.56 Å². The standard InChI is InChI=1S/C20H19N5O2S/c1-3-12-5-4-6-13(7-12)8-14-10-21-20(28-14)23-19(27)16-9-15-11(2)24-25-17(15)22-18(16)26/h4-7,9-10H,3,8H2,1-2H3,(H,21,23,27)(H2,22,24,25,26). The Labute approximate surface area is 164 Å². The smallest absolute Gasteiger partial charge is 0.263 e. The van der Waals surface area contributed by atoms with Gasteiger partial charge >= 0.3 is 0 Å². The lowest BCUT2D eigenvalue weighted by atomic mass is 10.1. The van der Waals surface area contributed by atoms with Crippen LogP contribution in [-0.4, -0.2) is 26.1 Å². The fourth-order valence-corrected chi connectivity index (χ4v) is 3.88. The summed E-state index contributed by atoms with van der Waals surface area (Å²) in [6.07, 6.45) is 3.50. The molecule has 4 aromatic rings. The zero-order valence-corrected chi connectivity index (χ0v) is 16.3. The number of aryl methyl sites for hydroxylation is 2. The fourth-order valence-electron chi connectivity index (χ4n) is 3.04. The Kier molecular flexibility index (Phi) is 4.79. The Morgan fingerprint density at radius 2 is 2.07 bits per heavy atom. The number of fused-ring (bicyclic) bond motifs is 1. The Hall–Kier alpha value is -3.26. The largest absolute Gasteiger partial charge is 0.304 e. The van der Waals surface area contributed by atoms with Gasteiger partial charge in [-0.2, -0.15) is 5.10 Å². The minimum atomic E-state index is -0.488. The van der Waals surface area contributed by atoms with Crippen LogP contribution in [0.4, 0.5) is 5.13 Å². The molecule has 3 N–H and O–H groups in total. The summed E-state index contributed by atoms with van der Waals surface area (Å²) >= 11 is 1.40. The van der Waals surface area contributed by atoms with E-state index in [2.05, 4.69) is 56.7 Å². The van der Waals surface area contributed by atoms with Crippen LogP contribution in [0.5, 0.6) is 0 Å². The van der Waals surface area contributed by atoms with Crippen molar-refractivity contribution in [2.75, 3.05) is 5.32 Å². The van der Waals surface area contributed by atoms with Gasteiger partial charge in [0, 0.05) is 28.6 Å². The molecule has 0 spiro atoms. The van der Waals surface area contributed by atoms with E-state index < -0.39 is 11.5 Å². The van der Waals surface area contributed by atoms with Crippen molar-refractivity contribution in [3.05, 3.63) is 74.1 Å². The molecule has 0 saturated carbocycles. The Balaban J connectivity index is 1.52. The summed E-state index contributed by atoms with van der Waals surface area (Å²) in [5, 5.41) is 10.7. The third kappa shape index (κ3) is 3.59. The molecule has 3 heterocycles. The second kappa shape index (κ2) is 7.40. The van der Waals surface area contributed by atoms with Crippen molar-refractivity contribution in [2.24, 2.45) is 0 Å². The number of nitrogens with one attached hydrogen (secondary N) is 3. The normalized spacial score (nSPS) is 11.1. The predicted molar refractivity (Wildman–Crippen MR) is 110 cm³/mol. The number of aromatic nitrogens is 4. The number of aromatic amines is 2. The summed E-state index contributed by atoms with van der Waals surface area (Å²) in [5.41, 5.74) is 3.27. The molecule has 8 heteroatoms. The Morgan fingerprint density at radius 1 is 1.25 bits per heavy atom. The second-order valence-electron chi connectivity index (χ2n) is 6.56. The molecule has 0 unspecified atom stereocenters. The highest BCUT2D eigenvalue weighted by atomic mass is 32.1. The van der Waals surface area contributed by atoms with Gasteiger partial charge in [-0.3, -0.25) is 20.0 Å². The molecular weight excluding hydrogens is 374 g/mol. The van der Waals surface area contributed by atoms with Crippen molar-refractivity contribution >= 4 is 33.4 Å². The van der Waals surface area contributed by atoms with Crippen LogP contribution in [-0.2, 0) is 12.8 Å². The van der Waals surface area contributed by atoms with E-state index in [1.54, 1.807) is 12.3 Å². The highest BCUT2D eigenvalue weighted by Crippen LogP contribution is 2.22. The zero-order valence-electron chi connectivity index (χ0n) is 15.5. The number of hydrogen-bond donors (Lipinski definition) is 3. The molecular formula is C20H19N5O2S. The van der Waals surface area contributed by atoms with Gasteiger partial charge < -0.3 is 4.98 Å². The Bertz CT molecular complexity index is 1220. The van der Waals surface area contributed by atoms with Crippen LogP contribution in [0.2, 0.25) is 0 Å². The number of hydrogen-bond acceptors (Lipinski definition) is 5. The number of nitrogens with zero attached hydrogens (tertiary/aromatic N) is 2. The van der Waals surface area contributed by atoms with Gasteiger partial charge in [0.2, 0.25) is 0 Å². The quantitative estimate of drug-likeness (QED) is 0.483. The van der Waals surface area contributed by atoms with E-state index in [1.165, 1.54) is 22.5 Å². The molecule has 142 valence electrons. The number of rotatable bonds is 5. The van der Waals surface area contributed by atoms with E-state index in [0.29, 0.717) is 16.2 Å². The lowest BCUT2D eigenvalue weighted by Crippen LogP contribution is -2.22. The maximum absolute atomic E-state index is 12.6. The number of amides is 1. The van der Waals surface area contributed by atoms with Gasteiger partial charge in [-0.25, -0.2) is 4.98 Å². The van der Waals surface area contributed by atoms with Gasteiger partial charge in [0.15, 0.2) is 10.8 Å². The molecule has 1 amide bonds. The van der Waals surface area contributed by atoms with Gasteiger partial charge in [-0.05, 0) is 30.5 Å². The van der Waals surface area contributed by atoms with Crippen LogP contribution in [0.3, 0.4) is 0 Å². The maximum Gasteiger partial charge on any atom is 0.263 e. The zero-order chi connectivity index (χ0) is 19.7. The number of thiazole rings is 1. The molecule has 7 nitrogen and oxygen atoms in total. The first-order valence-electron chi connectivity index (χ1n) is 8.95. The predicted octanol–water partition coefficient (Wildman–Crippen LogP) is 3.42. The van der Waals surface area contributed by atoms with Crippen molar-refractivity contribution in [3.8, 4) is 0 Å². The molecule has 4 rings (SSSR count). The molecule has 0 aliphatic carbocycles. The third-order valence-corrected chi connectivity index (χ3v) is 5.47. The first-order chi connectivity index (χ1) is 13.5. The number of H-pyrrole nitrogens is 2. The minimum absolute atomic E-state index is 0.0318. The molecule has 0 radical (unpaired) electrons. The molecule has 1 aromatic carbocycles. The topological polar surface area (TPSA) is 104 Å². The highest BCUT2D eigenvalue weighted by molar-refractivity contribution is 7.15. The maximum atomic E-state index is 12.6. The summed E-state index contributed by atoms with van der Waals surface area (Å²) in [4.78, 5) is 32.7. The molecule has 3 aromatic heterocycles. The third-order valence-electron chi connectivity index (χ3n) is 4.56. The number of carbonyl (C=O) groups is 1. The molecule has 0 aliphatic rings. The average molecular weight is 393 g/mol. The number of pyridine rings is 1. The van der Waals surface area contributed by atoms with E-state index in [4.69, 9.17) is 0 Å².